The molecule has 2 rings (SSSR count). The predicted molar refractivity (Wildman–Crippen MR) is 81.3 cm³/mol. The van der Waals surface area contributed by atoms with E-state index in [1.807, 2.05) is 31.2 Å². The second-order valence-electron chi connectivity index (χ2n) is 5.25. The first kappa shape index (κ1) is 15.1. The first-order valence-electron chi connectivity index (χ1n) is 7.60. The van der Waals surface area contributed by atoms with Crippen molar-refractivity contribution in [3.8, 4) is 11.5 Å². The predicted octanol–water partition coefficient (Wildman–Crippen LogP) is 2.13. The zero-order valence-electron chi connectivity index (χ0n) is 12.4. The van der Waals surface area contributed by atoms with Gasteiger partial charge in [-0.3, -0.25) is 4.90 Å². The van der Waals surface area contributed by atoms with Gasteiger partial charge in [-0.05, 0) is 57.5 Å². The van der Waals surface area contributed by atoms with Gasteiger partial charge in [-0.1, -0.05) is 12.1 Å². The second kappa shape index (κ2) is 8.12. The quantitative estimate of drug-likeness (QED) is 0.830. The van der Waals surface area contributed by atoms with Crippen LogP contribution in [0.1, 0.15) is 19.8 Å². The zero-order valence-corrected chi connectivity index (χ0v) is 12.4. The normalized spacial score (nSPS) is 17.1. The molecule has 20 heavy (non-hydrogen) atoms. The number of para-hydroxylation sites is 2. The number of hydrogen-bond donors (Lipinski definition) is 1. The van der Waals surface area contributed by atoms with Crippen LogP contribution in [0.3, 0.4) is 0 Å². The molecular formula is C16H26N2O2. The summed E-state index contributed by atoms with van der Waals surface area (Å²) < 4.78 is 11.4. The van der Waals surface area contributed by atoms with Crippen LogP contribution in [0.25, 0.3) is 0 Å². The highest BCUT2D eigenvalue weighted by Crippen LogP contribution is 2.26. The molecule has 0 atom stereocenters. The molecule has 112 valence electrons. The fourth-order valence-corrected chi connectivity index (χ4v) is 2.57. The lowest BCUT2D eigenvalue weighted by Crippen LogP contribution is -2.38. The van der Waals surface area contributed by atoms with Gasteiger partial charge in [-0.15, -0.1) is 0 Å². The van der Waals surface area contributed by atoms with Crippen molar-refractivity contribution in [3.05, 3.63) is 24.3 Å². The van der Waals surface area contributed by atoms with E-state index in [9.17, 15) is 0 Å². The Kier molecular flexibility index (Phi) is 6.15. The average Bonchev–Trinajstić information content (AvgIpc) is 2.50. The molecule has 1 heterocycles. The van der Waals surface area contributed by atoms with Crippen molar-refractivity contribution in [2.45, 2.75) is 19.8 Å². The SMILES string of the molecule is CCOc1ccccc1OCCN1CCC(CN)CC1. The lowest BCUT2D eigenvalue weighted by atomic mass is 9.97. The molecule has 4 nitrogen and oxygen atoms in total. The minimum Gasteiger partial charge on any atom is -0.490 e. The van der Waals surface area contributed by atoms with Gasteiger partial charge in [0.15, 0.2) is 11.5 Å². The monoisotopic (exact) mass is 278 g/mol. The Bertz CT molecular complexity index is 390. The van der Waals surface area contributed by atoms with Gasteiger partial charge in [0, 0.05) is 6.54 Å². The van der Waals surface area contributed by atoms with E-state index in [0.717, 1.165) is 37.7 Å². The molecule has 1 aromatic rings. The molecule has 0 aromatic heterocycles. The van der Waals surface area contributed by atoms with E-state index in [4.69, 9.17) is 15.2 Å². The van der Waals surface area contributed by atoms with Crippen LogP contribution < -0.4 is 15.2 Å². The lowest BCUT2D eigenvalue weighted by molar-refractivity contribution is 0.155. The maximum absolute atomic E-state index is 5.85. The zero-order chi connectivity index (χ0) is 14.2. The number of ether oxygens (including phenoxy) is 2. The van der Waals surface area contributed by atoms with Gasteiger partial charge in [0.1, 0.15) is 6.61 Å². The van der Waals surface area contributed by atoms with E-state index in [1.165, 1.54) is 12.8 Å². The maximum atomic E-state index is 5.85. The fourth-order valence-electron chi connectivity index (χ4n) is 2.57. The summed E-state index contributed by atoms with van der Waals surface area (Å²) in [5, 5.41) is 0. The number of hydrogen-bond acceptors (Lipinski definition) is 4. The van der Waals surface area contributed by atoms with Crippen molar-refractivity contribution in [1.82, 2.24) is 4.90 Å². The third-order valence-electron chi connectivity index (χ3n) is 3.85. The summed E-state index contributed by atoms with van der Waals surface area (Å²) in [4.78, 5) is 2.45. The summed E-state index contributed by atoms with van der Waals surface area (Å²) in [6.07, 6.45) is 2.43. The van der Waals surface area contributed by atoms with Crippen LogP contribution in [0.2, 0.25) is 0 Å². The third-order valence-corrected chi connectivity index (χ3v) is 3.85. The van der Waals surface area contributed by atoms with Gasteiger partial charge in [0.2, 0.25) is 0 Å². The lowest BCUT2D eigenvalue weighted by Gasteiger charge is -2.31. The number of piperidine rings is 1. The molecule has 1 fully saturated rings. The molecule has 0 saturated carbocycles. The van der Waals surface area contributed by atoms with Crippen LogP contribution >= 0.6 is 0 Å². The molecular weight excluding hydrogens is 252 g/mol. The number of rotatable bonds is 7. The van der Waals surface area contributed by atoms with E-state index in [-0.39, 0.29) is 0 Å². The van der Waals surface area contributed by atoms with Crippen molar-refractivity contribution < 1.29 is 9.47 Å². The molecule has 4 heteroatoms. The molecule has 1 aliphatic rings. The highest BCUT2D eigenvalue weighted by Gasteiger charge is 2.17. The van der Waals surface area contributed by atoms with Crippen molar-refractivity contribution in [2.24, 2.45) is 11.7 Å². The Hall–Kier alpha value is -1.26. The molecule has 1 saturated heterocycles. The van der Waals surface area contributed by atoms with Crippen molar-refractivity contribution in [3.63, 3.8) is 0 Å². The standard InChI is InChI=1S/C16H26N2O2/c1-2-19-15-5-3-4-6-16(15)20-12-11-18-9-7-14(13-17)8-10-18/h3-6,14H,2,7-13,17H2,1H3. The number of nitrogens with zero attached hydrogens (tertiary/aromatic N) is 1. The van der Waals surface area contributed by atoms with Gasteiger partial charge < -0.3 is 15.2 Å². The second-order valence-corrected chi connectivity index (χ2v) is 5.25. The smallest absolute Gasteiger partial charge is 0.161 e. The Morgan fingerprint density at radius 1 is 1.15 bits per heavy atom. The molecule has 1 aliphatic heterocycles. The Balaban J connectivity index is 1.73. The van der Waals surface area contributed by atoms with Gasteiger partial charge in [0.05, 0.1) is 6.61 Å². The van der Waals surface area contributed by atoms with E-state index in [2.05, 4.69) is 4.90 Å². The van der Waals surface area contributed by atoms with Gasteiger partial charge >= 0.3 is 0 Å². The van der Waals surface area contributed by atoms with Crippen LogP contribution in [0.15, 0.2) is 24.3 Å². The summed E-state index contributed by atoms with van der Waals surface area (Å²) >= 11 is 0. The van der Waals surface area contributed by atoms with E-state index in [0.29, 0.717) is 19.1 Å². The number of nitrogens with two attached hydrogens (primary N) is 1. The minimum absolute atomic E-state index is 0.660. The number of benzene rings is 1. The number of likely N-dealkylation sites (tertiary alicyclic amines) is 1. The van der Waals surface area contributed by atoms with Crippen LogP contribution in [-0.4, -0.2) is 44.3 Å². The Labute approximate surface area is 121 Å². The molecule has 0 aliphatic carbocycles. The van der Waals surface area contributed by atoms with Gasteiger partial charge in [-0.25, -0.2) is 0 Å². The molecule has 0 bridgehead atoms. The van der Waals surface area contributed by atoms with Gasteiger partial charge in [0.25, 0.3) is 0 Å². The van der Waals surface area contributed by atoms with Crippen molar-refractivity contribution in [2.75, 3.05) is 39.4 Å². The Morgan fingerprint density at radius 3 is 2.40 bits per heavy atom. The topological polar surface area (TPSA) is 47.7 Å². The highest BCUT2D eigenvalue weighted by atomic mass is 16.5. The molecule has 1 aromatic carbocycles. The van der Waals surface area contributed by atoms with Crippen LogP contribution in [0.5, 0.6) is 11.5 Å². The molecule has 0 radical (unpaired) electrons. The molecule has 2 N–H and O–H groups in total. The summed E-state index contributed by atoms with van der Waals surface area (Å²) in [6, 6.07) is 7.86. The third kappa shape index (κ3) is 4.39. The average molecular weight is 278 g/mol. The van der Waals surface area contributed by atoms with Crippen LogP contribution in [0, 0.1) is 5.92 Å². The highest BCUT2D eigenvalue weighted by molar-refractivity contribution is 5.39. The first-order valence-corrected chi connectivity index (χ1v) is 7.60. The summed E-state index contributed by atoms with van der Waals surface area (Å²) in [6.45, 7) is 7.42. The maximum Gasteiger partial charge on any atom is 0.161 e. The van der Waals surface area contributed by atoms with E-state index in [1.54, 1.807) is 0 Å². The van der Waals surface area contributed by atoms with Crippen LogP contribution in [-0.2, 0) is 0 Å². The summed E-state index contributed by atoms with van der Waals surface area (Å²) in [5.74, 6) is 2.38. The van der Waals surface area contributed by atoms with E-state index >= 15 is 0 Å². The first-order chi connectivity index (χ1) is 9.83. The fraction of sp³-hybridized carbons (Fsp3) is 0.625. The van der Waals surface area contributed by atoms with Crippen molar-refractivity contribution in [1.29, 1.82) is 0 Å². The summed E-state index contributed by atoms with van der Waals surface area (Å²) in [7, 11) is 0. The Morgan fingerprint density at radius 2 is 1.80 bits per heavy atom. The molecule has 0 amide bonds. The van der Waals surface area contributed by atoms with Crippen LogP contribution in [0.4, 0.5) is 0 Å². The van der Waals surface area contributed by atoms with Crippen molar-refractivity contribution >= 4 is 0 Å². The minimum atomic E-state index is 0.660. The molecule has 0 spiro atoms. The molecule has 0 unspecified atom stereocenters. The van der Waals surface area contributed by atoms with E-state index < -0.39 is 0 Å². The van der Waals surface area contributed by atoms with Gasteiger partial charge in [-0.2, -0.15) is 0 Å². The summed E-state index contributed by atoms with van der Waals surface area (Å²) in [5.41, 5.74) is 5.71. The largest absolute Gasteiger partial charge is 0.490 e.